The zero-order valence-corrected chi connectivity index (χ0v) is 22.3. The summed E-state index contributed by atoms with van der Waals surface area (Å²) < 4.78 is 43.4. The van der Waals surface area contributed by atoms with E-state index in [4.69, 9.17) is 15.9 Å². The summed E-state index contributed by atoms with van der Waals surface area (Å²) >= 11 is 0. The Kier molecular flexibility index (Phi) is 9.06. The monoisotopic (exact) mass is 545 g/mol. The number of amides is 2. The van der Waals surface area contributed by atoms with Gasteiger partial charge in [-0.05, 0) is 94.0 Å². The Morgan fingerprint density at radius 2 is 1.69 bits per heavy atom. The van der Waals surface area contributed by atoms with Crippen molar-refractivity contribution in [1.82, 2.24) is 5.32 Å². The Morgan fingerprint density at radius 1 is 1.08 bits per heavy atom. The molecule has 1 saturated carbocycles. The Balaban J connectivity index is 1.81. The van der Waals surface area contributed by atoms with Gasteiger partial charge in [0.25, 0.3) is 5.91 Å². The number of carbonyl (C=O) groups excluding carboxylic acids is 2. The highest BCUT2D eigenvalue weighted by Gasteiger charge is 2.32. The first-order valence-electron chi connectivity index (χ1n) is 12.5. The van der Waals surface area contributed by atoms with Crippen LogP contribution in [0.3, 0.4) is 0 Å². The topological polar surface area (TPSA) is 129 Å². The van der Waals surface area contributed by atoms with Gasteiger partial charge >= 0.3 is 12.3 Å². The number of alkyl halides is 3. The number of ether oxygens (including phenoxy) is 1. The smallest absolute Gasteiger partial charge is 0.430 e. The van der Waals surface area contributed by atoms with E-state index in [0.29, 0.717) is 28.9 Å². The van der Waals surface area contributed by atoms with Crippen molar-refractivity contribution in [2.45, 2.75) is 58.4 Å². The molecule has 6 N–H and O–H groups in total. The maximum atomic E-state index is 12.7. The Hall–Kier alpha value is -3.86. The van der Waals surface area contributed by atoms with Gasteiger partial charge in [0, 0.05) is 11.4 Å². The highest BCUT2D eigenvalue weighted by molar-refractivity contribution is 6.46. The van der Waals surface area contributed by atoms with Gasteiger partial charge in [-0.25, -0.2) is 4.79 Å². The first-order valence-corrected chi connectivity index (χ1v) is 12.5. The molecule has 8 nitrogen and oxygen atoms in total. The number of nitrogens with two attached hydrogens (primary N) is 1. The average Bonchev–Trinajstić information content (AvgIpc) is 3.64. The van der Waals surface area contributed by atoms with Gasteiger partial charge < -0.3 is 21.1 Å². The quantitative estimate of drug-likeness (QED) is 0.255. The molecule has 2 amide bonds. The number of allylic oxidation sites excluding steroid dienone is 1. The van der Waals surface area contributed by atoms with Crippen LogP contribution < -0.4 is 21.7 Å². The summed E-state index contributed by atoms with van der Waals surface area (Å²) in [5, 5.41) is 16.5. The van der Waals surface area contributed by atoms with Gasteiger partial charge in [-0.2, -0.15) is 13.2 Å². The van der Waals surface area contributed by atoms with Crippen LogP contribution in [0.4, 0.5) is 29.3 Å². The van der Waals surface area contributed by atoms with E-state index in [1.54, 1.807) is 52.0 Å². The van der Waals surface area contributed by atoms with Gasteiger partial charge in [-0.1, -0.05) is 24.3 Å². The number of carbonyl (C=O) groups is 2. The van der Waals surface area contributed by atoms with Crippen LogP contribution >= 0.6 is 0 Å². The number of benzene rings is 2. The predicted molar refractivity (Wildman–Crippen MR) is 145 cm³/mol. The molecule has 0 saturated heterocycles. The maximum Gasteiger partial charge on any atom is 0.430 e. The summed E-state index contributed by atoms with van der Waals surface area (Å²) in [4.78, 5) is 24.6. The molecule has 2 aromatic rings. The third kappa shape index (κ3) is 9.13. The molecule has 1 aliphatic rings. The number of anilines is 2. The van der Waals surface area contributed by atoms with Gasteiger partial charge in [0.05, 0.1) is 6.04 Å². The SMILES string of the molecule is Cc1ccc(C(NCC2CC2)c2ccc(NC(=O)OC(C)(C)C)cc2)cc1NC(=O)C(=N)C=C(N)C(F)(F)F. The lowest BCUT2D eigenvalue weighted by molar-refractivity contribution is -0.110. The first-order chi connectivity index (χ1) is 18.1. The summed E-state index contributed by atoms with van der Waals surface area (Å²) in [6, 6.07) is 12.4. The van der Waals surface area contributed by atoms with Crippen molar-refractivity contribution in [3.05, 3.63) is 70.9 Å². The third-order valence-electron chi connectivity index (χ3n) is 5.91. The largest absolute Gasteiger partial charge is 0.444 e. The minimum Gasteiger partial charge on any atom is -0.444 e. The standard InChI is InChI=1S/C28H34F3N5O3/c1-16-5-8-19(13-22(16)36-25(37)21(32)14-23(33)28(29,30)31)24(34-15-17-6-7-17)18-9-11-20(12-10-18)35-26(38)39-27(2,3)4/h5,8-14,17,24,32,34H,6-7,15,33H2,1-4H3,(H,35,38)(H,36,37). The molecule has 1 aliphatic carbocycles. The zero-order valence-electron chi connectivity index (χ0n) is 22.3. The summed E-state index contributed by atoms with van der Waals surface area (Å²) in [5.74, 6) is -0.431. The van der Waals surface area contributed by atoms with Crippen LogP contribution in [-0.4, -0.2) is 36.0 Å². The molecule has 11 heteroatoms. The van der Waals surface area contributed by atoms with Crippen LogP contribution in [0.5, 0.6) is 0 Å². The van der Waals surface area contributed by atoms with Crippen LogP contribution in [0, 0.1) is 18.3 Å². The van der Waals surface area contributed by atoms with Crippen LogP contribution in [0.25, 0.3) is 0 Å². The van der Waals surface area contributed by atoms with E-state index < -0.39 is 35.2 Å². The van der Waals surface area contributed by atoms with Gasteiger partial charge in [0.2, 0.25) is 0 Å². The van der Waals surface area contributed by atoms with Crippen molar-refractivity contribution in [3.63, 3.8) is 0 Å². The lowest BCUT2D eigenvalue weighted by atomic mass is 9.96. The molecule has 0 aliphatic heterocycles. The predicted octanol–water partition coefficient (Wildman–Crippen LogP) is 5.79. The second-order valence-corrected chi connectivity index (χ2v) is 10.6. The molecule has 0 spiro atoms. The van der Waals surface area contributed by atoms with Gasteiger partial charge in [0.15, 0.2) is 0 Å². The highest BCUT2D eigenvalue weighted by Crippen LogP contribution is 2.32. The Labute approximate surface area is 225 Å². The Bertz CT molecular complexity index is 1250. The number of nitrogens with one attached hydrogen (secondary N) is 4. The van der Waals surface area contributed by atoms with Crippen LogP contribution in [0.2, 0.25) is 0 Å². The first kappa shape index (κ1) is 29.7. The lowest BCUT2D eigenvalue weighted by Crippen LogP contribution is -2.27. The van der Waals surface area contributed by atoms with Crippen LogP contribution in [-0.2, 0) is 9.53 Å². The summed E-state index contributed by atoms with van der Waals surface area (Å²) in [6.45, 7) is 7.86. The third-order valence-corrected chi connectivity index (χ3v) is 5.91. The molecule has 0 aromatic heterocycles. The molecule has 1 unspecified atom stereocenters. The molecule has 0 bridgehead atoms. The molecule has 210 valence electrons. The van der Waals surface area contributed by atoms with E-state index in [1.165, 1.54) is 0 Å². The van der Waals surface area contributed by atoms with Crippen molar-refractivity contribution in [2.75, 3.05) is 17.2 Å². The van der Waals surface area contributed by atoms with Crippen LogP contribution in [0.1, 0.15) is 56.3 Å². The van der Waals surface area contributed by atoms with Crippen molar-refractivity contribution in [1.29, 1.82) is 5.41 Å². The number of rotatable bonds is 9. The minimum atomic E-state index is -4.83. The molecule has 1 fully saturated rings. The molecule has 0 heterocycles. The molecular formula is C28H34F3N5O3. The number of hydrogen-bond donors (Lipinski definition) is 5. The summed E-state index contributed by atoms with van der Waals surface area (Å²) in [5.41, 5.74) is 5.19. The van der Waals surface area contributed by atoms with E-state index in [2.05, 4.69) is 16.0 Å². The fraction of sp³-hybridized carbons (Fsp3) is 0.393. The number of hydrogen-bond acceptors (Lipinski definition) is 6. The maximum absolute atomic E-state index is 12.7. The number of halogens is 3. The molecule has 2 aromatic carbocycles. The van der Waals surface area contributed by atoms with Crippen molar-refractivity contribution < 1.29 is 27.5 Å². The van der Waals surface area contributed by atoms with E-state index >= 15 is 0 Å². The summed E-state index contributed by atoms with van der Waals surface area (Å²) in [6.07, 6.45) is -2.81. The van der Waals surface area contributed by atoms with E-state index in [1.807, 2.05) is 18.2 Å². The summed E-state index contributed by atoms with van der Waals surface area (Å²) in [7, 11) is 0. The lowest BCUT2D eigenvalue weighted by Gasteiger charge is -2.22. The molecule has 3 rings (SSSR count). The van der Waals surface area contributed by atoms with Gasteiger partial charge in [-0.15, -0.1) is 0 Å². The molecule has 39 heavy (non-hydrogen) atoms. The average molecular weight is 546 g/mol. The fourth-order valence-corrected chi connectivity index (χ4v) is 3.66. The zero-order chi connectivity index (χ0) is 29.0. The molecular weight excluding hydrogens is 511 g/mol. The van der Waals surface area contributed by atoms with Crippen molar-refractivity contribution in [2.24, 2.45) is 11.7 Å². The molecule has 1 atom stereocenters. The van der Waals surface area contributed by atoms with E-state index in [-0.39, 0.29) is 6.04 Å². The van der Waals surface area contributed by atoms with Crippen LogP contribution in [0.15, 0.2) is 54.2 Å². The second kappa shape index (κ2) is 11.9. The van der Waals surface area contributed by atoms with Crippen molar-refractivity contribution in [3.8, 4) is 0 Å². The van der Waals surface area contributed by atoms with E-state index in [0.717, 1.165) is 30.5 Å². The normalized spacial score (nSPS) is 14.9. The Morgan fingerprint density at radius 3 is 2.26 bits per heavy atom. The van der Waals surface area contributed by atoms with Gasteiger partial charge in [0.1, 0.15) is 17.0 Å². The van der Waals surface area contributed by atoms with Crippen molar-refractivity contribution >= 4 is 29.1 Å². The fourth-order valence-electron chi connectivity index (χ4n) is 3.66. The highest BCUT2D eigenvalue weighted by atomic mass is 19.4. The second-order valence-electron chi connectivity index (χ2n) is 10.6. The number of aryl methyl sites for hydroxylation is 1. The minimum absolute atomic E-state index is 0.266. The molecule has 0 radical (unpaired) electrons. The van der Waals surface area contributed by atoms with Gasteiger partial charge in [-0.3, -0.25) is 15.5 Å². The van der Waals surface area contributed by atoms with E-state index in [9.17, 15) is 22.8 Å².